The van der Waals surface area contributed by atoms with E-state index in [4.69, 9.17) is 0 Å². The summed E-state index contributed by atoms with van der Waals surface area (Å²) in [5, 5.41) is 0. The van der Waals surface area contributed by atoms with Gasteiger partial charge in [-0.3, -0.25) is 4.99 Å². The minimum Gasteiger partial charge on any atom is -0.369 e. The summed E-state index contributed by atoms with van der Waals surface area (Å²) >= 11 is 0. The highest BCUT2D eigenvalue weighted by Crippen LogP contribution is 1.59. The van der Waals surface area contributed by atoms with Crippen LogP contribution < -0.4 is 0 Å². The fourth-order valence-corrected chi connectivity index (χ4v) is 0.231. The summed E-state index contributed by atoms with van der Waals surface area (Å²) in [6.45, 7) is 0. The first-order valence-electron chi connectivity index (χ1n) is 1.86. The number of hydrogen-bond donors (Lipinski definition) is 0. The van der Waals surface area contributed by atoms with Crippen molar-refractivity contribution in [2.24, 2.45) is 4.99 Å². The molecule has 36 valence electrons. The summed E-state index contributed by atoms with van der Waals surface area (Å²) in [6.07, 6.45) is 1.75. The average molecular weight is 86.1 g/mol. The Labute approximate surface area is 38.5 Å². The van der Waals surface area contributed by atoms with Crippen LogP contribution in [-0.4, -0.2) is 32.4 Å². The van der Waals surface area contributed by atoms with Crippen LogP contribution in [0.4, 0.5) is 0 Å². The van der Waals surface area contributed by atoms with Gasteiger partial charge >= 0.3 is 0 Å². The van der Waals surface area contributed by atoms with E-state index in [1.165, 1.54) is 0 Å². The third-order valence-electron chi connectivity index (χ3n) is 0.346. The molecule has 0 fully saturated rings. The Morgan fingerprint density at radius 3 is 2.00 bits per heavy atom. The van der Waals surface area contributed by atoms with Crippen molar-refractivity contribution < 1.29 is 0 Å². The molecule has 0 rings (SSSR count). The molecule has 0 unspecified atom stereocenters. The molecule has 0 aromatic carbocycles. The molecule has 0 spiro atoms. The minimum atomic E-state index is 1.75. The van der Waals surface area contributed by atoms with E-state index in [-0.39, 0.29) is 0 Å². The van der Waals surface area contributed by atoms with E-state index in [1.807, 2.05) is 19.0 Å². The van der Waals surface area contributed by atoms with Gasteiger partial charge in [0.25, 0.3) is 0 Å². The Hall–Kier alpha value is -0.530. The molecule has 0 atom stereocenters. The number of nitrogens with zero attached hydrogens (tertiary/aromatic N) is 2. The maximum atomic E-state index is 3.74. The summed E-state index contributed by atoms with van der Waals surface area (Å²) in [7, 11) is 5.62. The van der Waals surface area contributed by atoms with E-state index < -0.39 is 0 Å². The first-order chi connectivity index (χ1) is 2.77. The second-order valence-corrected chi connectivity index (χ2v) is 1.34. The molecule has 0 aromatic rings. The van der Waals surface area contributed by atoms with Crippen LogP contribution in [0.1, 0.15) is 0 Å². The Bertz CT molecular complexity index is 47.5. The second-order valence-electron chi connectivity index (χ2n) is 1.34. The quantitative estimate of drug-likeness (QED) is 0.329. The second kappa shape index (κ2) is 2.69. The van der Waals surface area contributed by atoms with Crippen LogP contribution in [0.2, 0.25) is 0 Å². The molecule has 0 bridgehead atoms. The largest absolute Gasteiger partial charge is 0.369 e. The lowest BCUT2D eigenvalue weighted by Gasteiger charge is -1.98. The number of aliphatic imine (C=N–C) groups is 1. The topological polar surface area (TPSA) is 15.6 Å². The highest BCUT2D eigenvalue weighted by Gasteiger charge is 1.67. The van der Waals surface area contributed by atoms with E-state index >= 15 is 0 Å². The van der Waals surface area contributed by atoms with Gasteiger partial charge in [0.1, 0.15) is 0 Å². The van der Waals surface area contributed by atoms with E-state index in [2.05, 4.69) is 4.99 Å². The molecule has 0 heterocycles. The maximum Gasteiger partial charge on any atom is 0.0841 e. The fourth-order valence-electron chi connectivity index (χ4n) is 0.231. The molecule has 0 aliphatic rings. The van der Waals surface area contributed by atoms with E-state index in [1.54, 1.807) is 13.4 Å². The summed E-state index contributed by atoms with van der Waals surface area (Å²) in [4.78, 5) is 5.62. The van der Waals surface area contributed by atoms with Crippen LogP contribution in [0.5, 0.6) is 0 Å². The first kappa shape index (κ1) is 5.47. The molecular formula is C4H10N2. The smallest absolute Gasteiger partial charge is 0.0841 e. The van der Waals surface area contributed by atoms with Gasteiger partial charge in [0.05, 0.1) is 6.34 Å². The Kier molecular flexibility index (Phi) is 2.46. The molecule has 2 heteroatoms. The summed E-state index contributed by atoms with van der Waals surface area (Å²) in [5.41, 5.74) is 0. The van der Waals surface area contributed by atoms with Gasteiger partial charge in [-0.15, -0.1) is 0 Å². The molecule has 0 aromatic heterocycles. The van der Waals surface area contributed by atoms with Crippen molar-refractivity contribution >= 4 is 6.34 Å². The number of rotatable bonds is 1. The predicted octanol–water partition coefficient (Wildman–Crippen LogP) is 0.206. The molecule has 0 amide bonds. The molecule has 0 saturated carbocycles. The van der Waals surface area contributed by atoms with Crippen molar-refractivity contribution in [3.8, 4) is 0 Å². The first-order valence-corrected chi connectivity index (χ1v) is 1.86. The van der Waals surface area contributed by atoms with Crippen molar-refractivity contribution in [3.05, 3.63) is 0 Å². The van der Waals surface area contributed by atoms with E-state index in [9.17, 15) is 0 Å². The summed E-state index contributed by atoms with van der Waals surface area (Å²) in [6, 6.07) is 0. The molecule has 0 saturated heterocycles. The Morgan fingerprint density at radius 2 is 2.00 bits per heavy atom. The van der Waals surface area contributed by atoms with Crippen LogP contribution in [0.25, 0.3) is 0 Å². The molecule has 0 aliphatic carbocycles. The van der Waals surface area contributed by atoms with Gasteiger partial charge in [0.15, 0.2) is 0 Å². The molecule has 2 nitrogen and oxygen atoms in total. The summed E-state index contributed by atoms with van der Waals surface area (Å²) in [5.74, 6) is 0. The minimum absolute atomic E-state index is 1.75. The van der Waals surface area contributed by atoms with Gasteiger partial charge < -0.3 is 4.90 Å². The zero-order chi connectivity index (χ0) is 4.99. The fraction of sp³-hybridized carbons (Fsp3) is 0.750. The number of hydrogen-bond acceptors (Lipinski definition) is 1. The van der Waals surface area contributed by atoms with E-state index in [0.717, 1.165) is 0 Å². The van der Waals surface area contributed by atoms with Crippen LogP contribution >= 0.6 is 0 Å². The lowest BCUT2D eigenvalue weighted by Crippen LogP contribution is -2.06. The lowest BCUT2D eigenvalue weighted by molar-refractivity contribution is 0.642. The van der Waals surface area contributed by atoms with Gasteiger partial charge in [0.2, 0.25) is 0 Å². The van der Waals surface area contributed by atoms with Crippen molar-refractivity contribution in [1.82, 2.24) is 4.90 Å². The van der Waals surface area contributed by atoms with E-state index in [0.29, 0.717) is 0 Å². The van der Waals surface area contributed by atoms with Gasteiger partial charge in [-0.1, -0.05) is 0 Å². The van der Waals surface area contributed by atoms with Crippen molar-refractivity contribution in [2.45, 2.75) is 0 Å². The maximum absolute atomic E-state index is 3.74. The standard InChI is InChI=1S/C4H10N2/c1-5-4-6(2)3/h4H,1-3H3. The summed E-state index contributed by atoms with van der Waals surface area (Å²) < 4.78 is 0. The third-order valence-corrected chi connectivity index (χ3v) is 0.346. The third kappa shape index (κ3) is 3.47. The molecule has 0 N–H and O–H groups in total. The van der Waals surface area contributed by atoms with Gasteiger partial charge in [-0.05, 0) is 0 Å². The zero-order valence-electron chi connectivity index (χ0n) is 4.47. The predicted molar refractivity (Wildman–Crippen MR) is 28.1 cm³/mol. The molecule has 6 heavy (non-hydrogen) atoms. The van der Waals surface area contributed by atoms with Gasteiger partial charge in [0, 0.05) is 21.1 Å². The lowest BCUT2D eigenvalue weighted by atomic mass is 10.9. The van der Waals surface area contributed by atoms with Gasteiger partial charge in [-0.2, -0.15) is 0 Å². The van der Waals surface area contributed by atoms with Crippen LogP contribution in [0.15, 0.2) is 4.99 Å². The van der Waals surface area contributed by atoms with Gasteiger partial charge in [-0.25, -0.2) is 0 Å². The van der Waals surface area contributed by atoms with Crippen LogP contribution in [0, 0.1) is 0 Å². The SMILES string of the molecule is CN=CN(C)C. The highest BCUT2D eigenvalue weighted by atomic mass is 15.1. The van der Waals surface area contributed by atoms with Crippen molar-refractivity contribution in [1.29, 1.82) is 0 Å². The van der Waals surface area contributed by atoms with Crippen molar-refractivity contribution in [2.75, 3.05) is 21.1 Å². The normalized spacial score (nSPS) is 9.83. The van der Waals surface area contributed by atoms with Crippen LogP contribution in [0.3, 0.4) is 0 Å². The average Bonchev–Trinajstić information content (AvgIpc) is 1.35. The Morgan fingerprint density at radius 1 is 1.50 bits per heavy atom. The van der Waals surface area contributed by atoms with Crippen LogP contribution in [-0.2, 0) is 0 Å². The molecule has 0 radical (unpaired) electrons. The highest BCUT2D eigenvalue weighted by molar-refractivity contribution is 5.53. The zero-order valence-corrected chi connectivity index (χ0v) is 4.47. The Balaban J connectivity index is 3.03. The van der Waals surface area contributed by atoms with Crippen molar-refractivity contribution in [3.63, 3.8) is 0 Å². The monoisotopic (exact) mass is 86.1 g/mol. The molecule has 0 aliphatic heterocycles. The molecular weight excluding hydrogens is 76.1 g/mol.